The summed E-state index contributed by atoms with van der Waals surface area (Å²) in [7, 11) is 2.07. The van der Waals surface area contributed by atoms with Gasteiger partial charge in [-0.3, -0.25) is 4.99 Å². The Hall–Kier alpha value is -2.92. The Balaban J connectivity index is 1.84. The number of rotatable bonds is 7. The predicted octanol–water partition coefficient (Wildman–Crippen LogP) is 5.70. The minimum Gasteiger partial charge on any atom is -0.382 e. The molecule has 1 atom stereocenters. The second kappa shape index (κ2) is 11.3. The number of nitrogens with zero attached hydrogens (tertiary/aromatic N) is 3. The molecular weight excluding hydrogens is 406 g/mol. The Morgan fingerprint density at radius 2 is 1.91 bits per heavy atom. The average Bonchev–Trinajstić information content (AvgIpc) is 2.83. The third kappa shape index (κ3) is 5.91. The van der Waals surface area contributed by atoms with Gasteiger partial charge in [0.2, 0.25) is 0 Å². The van der Waals surface area contributed by atoms with Gasteiger partial charge >= 0.3 is 0 Å². The molecule has 0 radical (unpaired) electrons. The van der Waals surface area contributed by atoms with E-state index >= 15 is 0 Å². The number of aliphatic imine (C=N–C) groups is 2. The molecule has 1 aromatic carbocycles. The van der Waals surface area contributed by atoms with E-state index in [1.54, 1.807) is 0 Å². The van der Waals surface area contributed by atoms with Crippen LogP contribution < -0.4 is 16.0 Å². The maximum Gasteiger partial charge on any atom is 0.145 e. The van der Waals surface area contributed by atoms with E-state index in [4.69, 9.17) is 10.7 Å². The molecule has 5 nitrogen and oxygen atoms in total. The van der Waals surface area contributed by atoms with Gasteiger partial charge in [0.15, 0.2) is 0 Å². The molecule has 0 aromatic heterocycles. The van der Waals surface area contributed by atoms with Gasteiger partial charge in [-0.25, -0.2) is 4.99 Å². The van der Waals surface area contributed by atoms with E-state index in [1.807, 2.05) is 12.3 Å². The number of piperidine rings is 1. The zero-order valence-corrected chi connectivity index (χ0v) is 20.9. The van der Waals surface area contributed by atoms with Gasteiger partial charge in [0.25, 0.3) is 0 Å². The smallest absolute Gasteiger partial charge is 0.145 e. The SMILES string of the molecule is C=C/C(=C\N(C)c1ccc(C2CCNCC2)cc1)C1=CN=C(N)/C(=N/C(CC)=C(C)C)C1C. The van der Waals surface area contributed by atoms with Gasteiger partial charge in [-0.15, -0.1) is 0 Å². The first-order valence-electron chi connectivity index (χ1n) is 12.0. The summed E-state index contributed by atoms with van der Waals surface area (Å²) in [4.78, 5) is 11.5. The Labute approximate surface area is 199 Å². The fraction of sp³-hybridized carbons (Fsp3) is 0.429. The van der Waals surface area contributed by atoms with Crippen LogP contribution in [0.1, 0.15) is 58.4 Å². The summed E-state index contributed by atoms with van der Waals surface area (Å²) in [6, 6.07) is 8.96. The molecule has 1 aromatic rings. The Morgan fingerprint density at radius 3 is 2.48 bits per heavy atom. The second-order valence-corrected chi connectivity index (χ2v) is 9.13. The van der Waals surface area contributed by atoms with E-state index in [9.17, 15) is 0 Å². The van der Waals surface area contributed by atoms with Crippen LogP contribution in [0.4, 0.5) is 5.69 Å². The van der Waals surface area contributed by atoms with Crippen LogP contribution >= 0.6 is 0 Å². The molecule has 0 saturated carbocycles. The molecule has 2 aliphatic heterocycles. The van der Waals surface area contributed by atoms with Crippen LogP contribution in [-0.4, -0.2) is 31.7 Å². The lowest BCUT2D eigenvalue weighted by atomic mass is 9.88. The van der Waals surface area contributed by atoms with Gasteiger partial charge in [-0.2, -0.15) is 0 Å². The molecule has 0 spiro atoms. The van der Waals surface area contributed by atoms with Crippen LogP contribution in [0.3, 0.4) is 0 Å². The van der Waals surface area contributed by atoms with Gasteiger partial charge in [0.05, 0.1) is 5.71 Å². The number of allylic oxidation sites excluding steroid dienone is 5. The highest BCUT2D eigenvalue weighted by atomic mass is 15.1. The van der Waals surface area contributed by atoms with Gasteiger partial charge in [0, 0.05) is 36.7 Å². The normalized spacial score (nSPS) is 20.8. The van der Waals surface area contributed by atoms with Crippen LogP contribution in [0.5, 0.6) is 0 Å². The molecule has 0 aliphatic carbocycles. The quantitative estimate of drug-likeness (QED) is 0.530. The summed E-state index contributed by atoms with van der Waals surface area (Å²) in [6.45, 7) is 14.7. The highest BCUT2D eigenvalue weighted by molar-refractivity contribution is 6.43. The lowest BCUT2D eigenvalue weighted by molar-refractivity contribution is 0.460. The van der Waals surface area contributed by atoms with Gasteiger partial charge in [-0.1, -0.05) is 44.2 Å². The Bertz CT molecular complexity index is 997. The van der Waals surface area contributed by atoms with Crippen LogP contribution in [-0.2, 0) is 0 Å². The molecule has 5 heteroatoms. The highest BCUT2D eigenvalue weighted by Gasteiger charge is 2.25. The summed E-state index contributed by atoms with van der Waals surface area (Å²) in [6.07, 6.45) is 9.15. The number of hydrogen-bond acceptors (Lipinski definition) is 5. The van der Waals surface area contributed by atoms with Gasteiger partial charge in [-0.05, 0) is 81.0 Å². The summed E-state index contributed by atoms with van der Waals surface area (Å²) < 4.78 is 0. The van der Waals surface area contributed by atoms with E-state index in [0.717, 1.165) is 47.8 Å². The topological polar surface area (TPSA) is 66.0 Å². The molecule has 0 bridgehead atoms. The van der Waals surface area contributed by atoms with E-state index in [1.165, 1.54) is 24.0 Å². The summed E-state index contributed by atoms with van der Waals surface area (Å²) in [5.74, 6) is 1.18. The standard InChI is InChI=1S/C28H39N5/c1-7-21(25-17-31-28(29)27(20(25)5)32-26(8-2)19(3)4)18-33(6)24-11-9-22(10-12-24)23-13-15-30-16-14-23/h7,9-12,17-18,20,23,30H,1,8,13-16H2,2-6H3,(H2,29,31)/b21-18+,32-27+. The van der Waals surface area contributed by atoms with E-state index in [2.05, 4.69) is 87.0 Å². The summed E-state index contributed by atoms with van der Waals surface area (Å²) >= 11 is 0. The molecule has 1 unspecified atom stereocenters. The highest BCUT2D eigenvalue weighted by Crippen LogP contribution is 2.30. The number of amidine groups is 1. The van der Waals surface area contributed by atoms with Crippen LogP contribution in [0, 0.1) is 5.92 Å². The fourth-order valence-corrected chi connectivity index (χ4v) is 4.52. The Morgan fingerprint density at radius 1 is 1.24 bits per heavy atom. The lowest BCUT2D eigenvalue weighted by Gasteiger charge is -2.25. The van der Waals surface area contributed by atoms with Crippen LogP contribution in [0.2, 0.25) is 0 Å². The van der Waals surface area contributed by atoms with Crippen molar-refractivity contribution < 1.29 is 0 Å². The fourth-order valence-electron chi connectivity index (χ4n) is 4.52. The van der Waals surface area contributed by atoms with Crippen molar-refractivity contribution in [2.75, 3.05) is 25.0 Å². The maximum atomic E-state index is 6.24. The first-order valence-corrected chi connectivity index (χ1v) is 12.0. The van der Waals surface area contributed by atoms with Crippen molar-refractivity contribution in [3.63, 3.8) is 0 Å². The van der Waals surface area contributed by atoms with Gasteiger partial charge < -0.3 is 16.0 Å². The molecule has 33 heavy (non-hydrogen) atoms. The minimum atomic E-state index is 0.0309. The van der Waals surface area contributed by atoms with Crippen molar-refractivity contribution in [1.82, 2.24) is 5.32 Å². The van der Waals surface area contributed by atoms with Crippen LogP contribution in [0.25, 0.3) is 0 Å². The van der Waals surface area contributed by atoms with E-state index in [0.29, 0.717) is 11.8 Å². The van der Waals surface area contributed by atoms with E-state index < -0.39 is 0 Å². The van der Waals surface area contributed by atoms with E-state index in [-0.39, 0.29) is 5.92 Å². The third-order valence-corrected chi connectivity index (χ3v) is 6.65. The lowest BCUT2D eigenvalue weighted by Crippen LogP contribution is -2.33. The molecule has 176 valence electrons. The number of nitrogens with two attached hydrogens (primary N) is 1. The van der Waals surface area contributed by atoms with Crippen molar-refractivity contribution >= 4 is 17.2 Å². The van der Waals surface area contributed by atoms with Crippen molar-refractivity contribution in [3.05, 3.63) is 77.3 Å². The minimum absolute atomic E-state index is 0.0309. The van der Waals surface area contributed by atoms with Crippen molar-refractivity contribution in [2.24, 2.45) is 21.6 Å². The first-order chi connectivity index (χ1) is 15.8. The molecule has 3 N–H and O–H groups in total. The summed E-state index contributed by atoms with van der Waals surface area (Å²) in [5.41, 5.74) is 14.0. The van der Waals surface area contributed by atoms with Crippen molar-refractivity contribution in [1.29, 1.82) is 0 Å². The second-order valence-electron chi connectivity index (χ2n) is 9.13. The largest absolute Gasteiger partial charge is 0.382 e. The van der Waals surface area contributed by atoms with Gasteiger partial charge in [0.1, 0.15) is 5.84 Å². The van der Waals surface area contributed by atoms with Crippen LogP contribution in [0.15, 0.2) is 81.7 Å². The number of benzene rings is 1. The van der Waals surface area contributed by atoms with Crippen molar-refractivity contribution in [3.8, 4) is 0 Å². The average molecular weight is 446 g/mol. The molecule has 1 saturated heterocycles. The molecule has 3 rings (SSSR count). The summed E-state index contributed by atoms with van der Waals surface area (Å²) in [5, 5.41) is 3.44. The predicted molar refractivity (Wildman–Crippen MR) is 143 cm³/mol. The Kier molecular flexibility index (Phi) is 8.45. The zero-order valence-electron chi connectivity index (χ0n) is 20.9. The molecule has 0 amide bonds. The third-order valence-electron chi connectivity index (χ3n) is 6.65. The number of anilines is 1. The zero-order chi connectivity index (χ0) is 24.0. The monoisotopic (exact) mass is 445 g/mol. The maximum absolute atomic E-state index is 6.24. The first kappa shape index (κ1) is 24.7. The molecule has 2 aliphatic rings. The van der Waals surface area contributed by atoms with Crippen molar-refractivity contribution in [2.45, 2.75) is 52.9 Å². The number of hydrogen-bond donors (Lipinski definition) is 2. The molecular formula is C28H39N5. The number of nitrogens with one attached hydrogen (secondary N) is 1. The molecule has 2 heterocycles. The molecule has 1 fully saturated rings.